The van der Waals surface area contributed by atoms with Crippen molar-refractivity contribution < 1.29 is 14.4 Å². The highest BCUT2D eigenvalue weighted by Crippen LogP contribution is 2.29. The van der Waals surface area contributed by atoms with E-state index in [1.165, 1.54) is 0 Å². The number of hydrogen-bond acceptors (Lipinski definition) is 4. The highest BCUT2D eigenvalue weighted by molar-refractivity contribution is 5.86. The Bertz CT molecular complexity index is 476. The molecule has 1 heterocycles. The third-order valence-corrected chi connectivity index (χ3v) is 2.24. The quantitative estimate of drug-likeness (QED) is 0.859. The van der Waals surface area contributed by atoms with Gasteiger partial charge in [-0.25, -0.2) is 0 Å². The molecule has 0 saturated heterocycles. The molecular weight excluding hydrogens is 206 g/mol. The molecule has 0 bridgehead atoms. The molecule has 2 rings (SSSR count). The fourth-order valence-corrected chi connectivity index (χ4v) is 1.65. The fourth-order valence-electron chi connectivity index (χ4n) is 1.65. The molecular formula is C12H15NO3. The Balaban J connectivity index is 2.50. The number of aliphatic hydroxyl groups excluding tert-OH is 1. The number of hydrogen-bond donors (Lipinski definition) is 1. The zero-order chi connectivity index (χ0) is 11.5. The number of nitrogens with zero attached hydrogens (tertiary/aromatic N) is 1. The number of aromatic nitrogens is 1. The molecule has 0 unspecified atom stereocenters. The molecule has 0 amide bonds. The van der Waals surface area contributed by atoms with Crippen molar-refractivity contribution in [1.82, 2.24) is 5.16 Å². The van der Waals surface area contributed by atoms with Crippen LogP contribution in [0.3, 0.4) is 0 Å². The average molecular weight is 221 g/mol. The fraction of sp³-hybridized carbons (Fsp3) is 0.417. The molecule has 0 aliphatic heterocycles. The van der Waals surface area contributed by atoms with Crippen LogP contribution in [0.1, 0.15) is 19.5 Å². The minimum absolute atomic E-state index is 0.0532. The van der Waals surface area contributed by atoms with E-state index in [0.717, 1.165) is 16.8 Å². The number of aliphatic hydroxyl groups is 1. The molecule has 4 heteroatoms. The molecule has 0 fully saturated rings. The van der Waals surface area contributed by atoms with E-state index < -0.39 is 0 Å². The Morgan fingerprint density at radius 1 is 1.44 bits per heavy atom. The number of ether oxygens (including phenoxy) is 1. The van der Waals surface area contributed by atoms with Crippen molar-refractivity contribution in [2.45, 2.75) is 26.4 Å². The molecule has 0 spiro atoms. The SMILES string of the molecule is CC(C)Oc1cccc2onc(CCO)c12. The van der Waals surface area contributed by atoms with Gasteiger partial charge in [0.05, 0.1) is 17.2 Å². The van der Waals surface area contributed by atoms with E-state index in [1.54, 1.807) is 0 Å². The summed E-state index contributed by atoms with van der Waals surface area (Å²) in [5.41, 5.74) is 1.44. The van der Waals surface area contributed by atoms with Crippen LogP contribution in [-0.2, 0) is 6.42 Å². The van der Waals surface area contributed by atoms with Crippen LogP contribution in [0.5, 0.6) is 5.75 Å². The smallest absolute Gasteiger partial charge is 0.170 e. The molecule has 1 aromatic carbocycles. The van der Waals surface area contributed by atoms with Crippen molar-refractivity contribution in [1.29, 1.82) is 0 Å². The molecule has 0 aliphatic carbocycles. The van der Waals surface area contributed by atoms with Gasteiger partial charge in [-0.15, -0.1) is 0 Å². The zero-order valence-corrected chi connectivity index (χ0v) is 9.43. The van der Waals surface area contributed by atoms with Gasteiger partial charge in [0, 0.05) is 13.0 Å². The topological polar surface area (TPSA) is 55.5 Å². The summed E-state index contributed by atoms with van der Waals surface area (Å²) in [5, 5.41) is 13.8. The molecule has 86 valence electrons. The maximum absolute atomic E-state index is 8.95. The zero-order valence-electron chi connectivity index (χ0n) is 9.43. The third-order valence-electron chi connectivity index (χ3n) is 2.24. The van der Waals surface area contributed by atoms with Gasteiger partial charge in [-0.2, -0.15) is 0 Å². The molecule has 16 heavy (non-hydrogen) atoms. The predicted molar refractivity (Wildman–Crippen MR) is 60.6 cm³/mol. The summed E-state index contributed by atoms with van der Waals surface area (Å²) in [6, 6.07) is 5.60. The lowest BCUT2D eigenvalue weighted by Crippen LogP contribution is -2.06. The summed E-state index contributed by atoms with van der Waals surface area (Å²) >= 11 is 0. The van der Waals surface area contributed by atoms with Crippen LogP contribution in [0.15, 0.2) is 22.7 Å². The largest absolute Gasteiger partial charge is 0.490 e. The van der Waals surface area contributed by atoms with Crippen molar-refractivity contribution in [3.05, 3.63) is 23.9 Å². The summed E-state index contributed by atoms with van der Waals surface area (Å²) in [6.45, 7) is 3.99. The van der Waals surface area contributed by atoms with Crippen LogP contribution in [0.2, 0.25) is 0 Å². The lowest BCUT2D eigenvalue weighted by molar-refractivity contribution is 0.245. The molecule has 0 aliphatic rings. The first-order valence-electron chi connectivity index (χ1n) is 5.37. The monoisotopic (exact) mass is 221 g/mol. The van der Waals surface area contributed by atoms with E-state index in [0.29, 0.717) is 12.0 Å². The van der Waals surface area contributed by atoms with E-state index in [9.17, 15) is 0 Å². The average Bonchev–Trinajstić information content (AvgIpc) is 2.62. The molecule has 0 atom stereocenters. The molecule has 4 nitrogen and oxygen atoms in total. The Morgan fingerprint density at radius 2 is 2.25 bits per heavy atom. The Labute approximate surface area is 93.8 Å². The van der Waals surface area contributed by atoms with Gasteiger partial charge in [-0.1, -0.05) is 11.2 Å². The highest BCUT2D eigenvalue weighted by atomic mass is 16.5. The number of rotatable bonds is 4. The van der Waals surface area contributed by atoms with E-state index in [1.807, 2.05) is 32.0 Å². The molecule has 2 aromatic rings. The maximum Gasteiger partial charge on any atom is 0.170 e. The summed E-state index contributed by atoms with van der Waals surface area (Å²) in [6.07, 6.45) is 0.577. The normalized spacial score (nSPS) is 11.2. The second-order valence-electron chi connectivity index (χ2n) is 3.90. The lowest BCUT2D eigenvalue weighted by atomic mass is 10.1. The van der Waals surface area contributed by atoms with Crippen molar-refractivity contribution in [3.8, 4) is 5.75 Å². The van der Waals surface area contributed by atoms with Crippen LogP contribution < -0.4 is 4.74 Å². The van der Waals surface area contributed by atoms with Gasteiger partial charge in [-0.3, -0.25) is 0 Å². The van der Waals surface area contributed by atoms with Gasteiger partial charge in [0.1, 0.15) is 5.75 Å². The van der Waals surface area contributed by atoms with Crippen molar-refractivity contribution in [2.24, 2.45) is 0 Å². The van der Waals surface area contributed by atoms with E-state index in [-0.39, 0.29) is 12.7 Å². The minimum atomic E-state index is 0.0532. The summed E-state index contributed by atoms with van der Waals surface area (Å²) in [7, 11) is 0. The lowest BCUT2D eigenvalue weighted by Gasteiger charge is -2.10. The van der Waals surface area contributed by atoms with E-state index in [4.69, 9.17) is 14.4 Å². The highest BCUT2D eigenvalue weighted by Gasteiger charge is 2.13. The second kappa shape index (κ2) is 4.53. The van der Waals surface area contributed by atoms with Crippen molar-refractivity contribution in [3.63, 3.8) is 0 Å². The van der Waals surface area contributed by atoms with Crippen LogP contribution >= 0.6 is 0 Å². The molecule has 0 radical (unpaired) electrons. The molecule has 1 aromatic heterocycles. The summed E-state index contributed by atoms with van der Waals surface area (Å²) < 4.78 is 10.9. The van der Waals surface area contributed by atoms with Gasteiger partial charge in [0.25, 0.3) is 0 Å². The van der Waals surface area contributed by atoms with Gasteiger partial charge in [-0.05, 0) is 26.0 Å². The van der Waals surface area contributed by atoms with Crippen molar-refractivity contribution >= 4 is 11.0 Å². The Morgan fingerprint density at radius 3 is 2.94 bits per heavy atom. The third kappa shape index (κ3) is 2.02. The number of fused-ring (bicyclic) bond motifs is 1. The second-order valence-corrected chi connectivity index (χ2v) is 3.90. The molecule has 1 N–H and O–H groups in total. The Hall–Kier alpha value is -1.55. The number of benzene rings is 1. The van der Waals surface area contributed by atoms with E-state index >= 15 is 0 Å². The van der Waals surface area contributed by atoms with Gasteiger partial charge in [0.2, 0.25) is 0 Å². The standard InChI is InChI=1S/C12H15NO3/c1-8(2)15-10-4-3-5-11-12(10)9(6-7-14)13-16-11/h3-5,8,14H,6-7H2,1-2H3. The van der Waals surface area contributed by atoms with Crippen molar-refractivity contribution in [2.75, 3.05) is 6.61 Å². The Kier molecular flexibility index (Phi) is 3.10. The maximum atomic E-state index is 8.95. The first kappa shape index (κ1) is 11.0. The van der Waals surface area contributed by atoms with Gasteiger partial charge in [0.15, 0.2) is 5.58 Å². The first-order valence-corrected chi connectivity index (χ1v) is 5.37. The minimum Gasteiger partial charge on any atom is -0.490 e. The van der Waals surface area contributed by atoms with Gasteiger partial charge >= 0.3 is 0 Å². The summed E-state index contributed by atoms with van der Waals surface area (Å²) in [4.78, 5) is 0. The molecule has 0 saturated carbocycles. The van der Waals surface area contributed by atoms with Crippen LogP contribution in [0.25, 0.3) is 11.0 Å². The van der Waals surface area contributed by atoms with Crippen LogP contribution in [0, 0.1) is 0 Å². The summed E-state index contributed by atoms with van der Waals surface area (Å²) in [5.74, 6) is 0.761. The van der Waals surface area contributed by atoms with Gasteiger partial charge < -0.3 is 14.4 Å². The van der Waals surface area contributed by atoms with Crippen LogP contribution in [-0.4, -0.2) is 23.0 Å². The van der Waals surface area contributed by atoms with E-state index in [2.05, 4.69) is 5.16 Å². The van der Waals surface area contributed by atoms with Crippen LogP contribution in [0.4, 0.5) is 0 Å². The predicted octanol–water partition coefficient (Wildman–Crippen LogP) is 2.15. The first-order chi connectivity index (χ1) is 7.72.